The summed E-state index contributed by atoms with van der Waals surface area (Å²) in [5.74, 6) is -0.308. The van der Waals surface area contributed by atoms with Gasteiger partial charge in [-0.25, -0.2) is 0 Å². The molecular formula is C25H25Cl2F3N2O3. The lowest BCUT2D eigenvalue weighted by molar-refractivity contribution is -0.275. The number of hydrogen-bond acceptors (Lipinski definition) is 4. The summed E-state index contributed by atoms with van der Waals surface area (Å²) in [6.45, 7) is 6.57. The van der Waals surface area contributed by atoms with Crippen LogP contribution < -0.4 is 0 Å². The van der Waals surface area contributed by atoms with Gasteiger partial charge in [-0.3, -0.25) is 9.59 Å². The van der Waals surface area contributed by atoms with E-state index in [0.29, 0.717) is 29.8 Å². The molecule has 0 saturated heterocycles. The molecule has 1 heterocycles. The van der Waals surface area contributed by atoms with Crippen molar-refractivity contribution in [3.8, 4) is 0 Å². The predicted octanol–water partition coefficient (Wildman–Crippen LogP) is 6.72. The maximum absolute atomic E-state index is 14.2. The molecule has 0 aliphatic carbocycles. The van der Waals surface area contributed by atoms with Crippen LogP contribution in [0.1, 0.15) is 60.2 Å². The van der Waals surface area contributed by atoms with Crippen LogP contribution in [-0.4, -0.2) is 41.6 Å². The van der Waals surface area contributed by atoms with Gasteiger partial charge in [-0.05, 0) is 56.2 Å². The van der Waals surface area contributed by atoms with Crippen molar-refractivity contribution < 1.29 is 27.6 Å². The van der Waals surface area contributed by atoms with Crippen LogP contribution in [0.15, 0.2) is 41.6 Å². The van der Waals surface area contributed by atoms with Crippen LogP contribution in [0.5, 0.6) is 0 Å². The SMILES string of the molecule is CCN(CC)C(=O)CCC(=O)c1ccc(C2=NOC(c3cc(Cl)cc(Cl)c3)(C(F)(F)F)C2)cc1C. The highest BCUT2D eigenvalue weighted by atomic mass is 35.5. The van der Waals surface area contributed by atoms with Crippen LogP contribution in [0.2, 0.25) is 10.0 Å². The summed E-state index contributed by atoms with van der Waals surface area (Å²) in [6, 6.07) is 8.33. The van der Waals surface area contributed by atoms with Crippen molar-refractivity contribution in [2.45, 2.75) is 51.8 Å². The fourth-order valence-corrected chi connectivity index (χ4v) is 4.62. The number of aryl methyl sites for hydroxylation is 1. The van der Waals surface area contributed by atoms with Crippen molar-refractivity contribution in [2.75, 3.05) is 13.1 Å². The van der Waals surface area contributed by atoms with E-state index in [9.17, 15) is 22.8 Å². The van der Waals surface area contributed by atoms with E-state index in [2.05, 4.69) is 5.16 Å². The lowest BCUT2D eigenvalue weighted by atomic mass is 9.86. The van der Waals surface area contributed by atoms with E-state index < -0.39 is 18.2 Å². The van der Waals surface area contributed by atoms with E-state index in [4.69, 9.17) is 28.0 Å². The number of ketones is 1. The molecule has 3 rings (SSSR count). The number of halogens is 5. The number of carbonyl (C=O) groups excluding carboxylic acids is 2. The molecule has 2 aromatic rings. The summed E-state index contributed by atoms with van der Waals surface area (Å²) in [5, 5.41) is 3.85. The lowest BCUT2D eigenvalue weighted by Gasteiger charge is -2.29. The van der Waals surface area contributed by atoms with E-state index in [0.717, 1.165) is 12.1 Å². The van der Waals surface area contributed by atoms with Crippen LogP contribution in [0, 0.1) is 6.92 Å². The monoisotopic (exact) mass is 528 g/mol. The first-order chi connectivity index (χ1) is 16.4. The van der Waals surface area contributed by atoms with Crippen molar-refractivity contribution in [2.24, 2.45) is 5.16 Å². The minimum atomic E-state index is -4.80. The van der Waals surface area contributed by atoms with Gasteiger partial charge in [0.1, 0.15) is 0 Å². The van der Waals surface area contributed by atoms with E-state index in [1.165, 1.54) is 12.1 Å². The van der Waals surface area contributed by atoms with Gasteiger partial charge in [-0.15, -0.1) is 0 Å². The average Bonchev–Trinajstić information content (AvgIpc) is 3.25. The highest BCUT2D eigenvalue weighted by Crippen LogP contribution is 2.49. The normalized spacial score (nSPS) is 17.7. The predicted molar refractivity (Wildman–Crippen MR) is 129 cm³/mol. The Labute approximate surface area is 211 Å². The Morgan fingerprint density at radius 1 is 1.06 bits per heavy atom. The van der Waals surface area contributed by atoms with Crippen molar-refractivity contribution in [3.63, 3.8) is 0 Å². The highest BCUT2D eigenvalue weighted by Gasteiger charge is 2.62. The Morgan fingerprint density at radius 2 is 1.69 bits per heavy atom. The Morgan fingerprint density at radius 3 is 2.23 bits per heavy atom. The fraction of sp³-hybridized carbons (Fsp3) is 0.400. The summed E-state index contributed by atoms with van der Waals surface area (Å²) in [4.78, 5) is 31.6. The Balaban J connectivity index is 1.81. The van der Waals surface area contributed by atoms with E-state index in [-0.39, 0.29) is 45.9 Å². The minimum Gasteiger partial charge on any atom is -0.374 e. The Kier molecular flexibility index (Phi) is 8.17. The van der Waals surface area contributed by atoms with E-state index in [1.807, 2.05) is 13.8 Å². The average molecular weight is 529 g/mol. The fourth-order valence-electron chi connectivity index (χ4n) is 4.09. The number of alkyl halides is 3. The van der Waals surface area contributed by atoms with Gasteiger partial charge < -0.3 is 9.74 Å². The number of carbonyl (C=O) groups is 2. The smallest absolute Gasteiger partial charge is 0.374 e. The van der Waals surface area contributed by atoms with Crippen molar-refractivity contribution >= 4 is 40.6 Å². The van der Waals surface area contributed by atoms with E-state index in [1.54, 1.807) is 24.0 Å². The maximum atomic E-state index is 14.2. The second kappa shape index (κ2) is 10.6. The van der Waals surface area contributed by atoms with Gasteiger partial charge in [-0.1, -0.05) is 40.5 Å². The number of Topliss-reactive ketones (excluding diaryl/α,β-unsaturated/α-hetero) is 1. The summed E-state index contributed by atoms with van der Waals surface area (Å²) >= 11 is 11.9. The molecule has 0 bridgehead atoms. The Bertz CT molecular complexity index is 1140. The van der Waals surface area contributed by atoms with Gasteiger partial charge in [-0.2, -0.15) is 13.2 Å². The van der Waals surface area contributed by atoms with Gasteiger partial charge in [0.05, 0.1) is 5.71 Å². The van der Waals surface area contributed by atoms with Gasteiger partial charge in [0.15, 0.2) is 5.78 Å². The summed E-state index contributed by atoms with van der Waals surface area (Å²) in [5.41, 5.74) is -1.52. The zero-order valence-electron chi connectivity index (χ0n) is 19.5. The molecule has 1 aliphatic rings. The molecule has 2 aromatic carbocycles. The molecule has 10 heteroatoms. The molecule has 1 unspecified atom stereocenters. The molecule has 1 aliphatic heterocycles. The first kappa shape index (κ1) is 27.0. The molecule has 0 spiro atoms. The molecule has 0 N–H and O–H groups in total. The summed E-state index contributed by atoms with van der Waals surface area (Å²) < 4.78 is 42.6. The quantitative estimate of drug-likeness (QED) is 0.357. The lowest BCUT2D eigenvalue weighted by Crippen LogP contribution is -2.42. The molecular weight excluding hydrogens is 504 g/mol. The number of nitrogens with zero attached hydrogens (tertiary/aromatic N) is 2. The summed E-state index contributed by atoms with van der Waals surface area (Å²) in [7, 11) is 0. The number of amides is 1. The molecule has 188 valence electrons. The maximum Gasteiger partial charge on any atom is 0.435 e. The van der Waals surface area contributed by atoms with Crippen molar-refractivity contribution in [1.29, 1.82) is 0 Å². The third-order valence-corrected chi connectivity index (χ3v) is 6.49. The van der Waals surface area contributed by atoms with Crippen molar-refractivity contribution in [3.05, 3.63) is 68.7 Å². The largest absolute Gasteiger partial charge is 0.435 e. The van der Waals surface area contributed by atoms with Crippen molar-refractivity contribution in [1.82, 2.24) is 4.90 Å². The van der Waals surface area contributed by atoms with Crippen LogP contribution in [-0.2, 0) is 15.2 Å². The van der Waals surface area contributed by atoms with Gasteiger partial charge in [0.25, 0.3) is 5.60 Å². The number of benzene rings is 2. The third-order valence-electron chi connectivity index (χ3n) is 6.06. The molecule has 5 nitrogen and oxygen atoms in total. The van der Waals surface area contributed by atoms with Crippen LogP contribution >= 0.6 is 23.2 Å². The molecule has 1 amide bonds. The first-order valence-corrected chi connectivity index (χ1v) is 11.9. The topological polar surface area (TPSA) is 59.0 Å². The molecule has 0 aromatic heterocycles. The molecule has 0 fully saturated rings. The first-order valence-electron chi connectivity index (χ1n) is 11.1. The molecule has 35 heavy (non-hydrogen) atoms. The van der Waals surface area contributed by atoms with Gasteiger partial charge in [0, 0.05) is 53.5 Å². The zero-order chi connectivity index (χ0) is 26.0. The van der Waals surface area contributed by atoms with Crippen LogP contribution in [0.25, 0.3) is 0 Å². The second-order valence-electron chi connectivity index (χ2n) is 8.31. The van der Waals surface area contributed by atoms with Gasteiger partial charge in [0.2, 0.25) is 5.91 Å². The standard InChI is InChI=1S/C25H25Cl2F3N2O3/c1-4-32(5-2)23(34)9-8-22(33)20-7-6-16(10-15(20)3)21-14-24(35-31-21,25(28,29)30)17-11-18(26)13-19(27)12-17/h6-7,10-13H,4-5,8-9,14H2,1-3H3. The molecule has 1 atom stereocenters. The minimum absolute atomic E-state index is 0.0476. The second-order valence-corrected chi connectivity index (χ2v) is 9.18. The highest BCUT2D eigenvalue weighted by molar-refractivity contribution is 6.34. The van der Waals surface area contributed by atoms with Gasteiger partial charge >= 0.3 is 6.18 Å². The molecule has 0 saturated carbocycles. The third kappa shape index (κ3) is 5.64. The zero-order valence-corrected chi connectivity index (χ0v) is 21.0. The Hall–Kier alpha value is -2.58. The van der Waals surface area contributed by atoms with E-state index >= 15 is 0 Å². The van der Waals surface area contributed by atoms with Crippen LogP contribution in [0.3, 0.4) is 0 Å². The van der Waals surface area contributed by atoms with Crippen LogP contribution in [0.4, 0.5) is 13.2 Å². The summed E-state index contributed by atoms with van der Waals surface area (Å²) in [6.07, 6.45) is -5.24. The molecule has 0 radical (unpaired) electrons. The number of rotatable bonds is 8. The number of hydrogen-bond donors (Lipinski definition) is 0. The number of oxime groups is 1.